The maximum atomic E-state index is 5.39. The second-order valence-corrected chi connectivity index (χ2v) is 14.9. The number of benzene rings is 6. The van der Waals surface area contributed by atoms with Crippen LogP contribution in [0.2, 0.25) is 0 Å². The summed E-state index contributed by atoms with van der Waals surface area (Å²) in [6.07, 6.45) is 13.2. The van der Waals surface area contributed by atoms with Gasteiger partial charge in [0.2, 0.25) is 22.0 Å². The maximum Gasteiger partial charge on any atom is 0.238 e. The van der Waals surface area contributed by atoms with Gasteiger partial charge in [-0.3, -0.25) is 0 Å². The van der Waals surface area contributed by atoms with Gasteiger partial charge in [-0.15, -0.1) is 3.97 Å². The molecule has 254 valence electrons. The molecule has 0 aliphatic heterocycles. The molecule has 0 aliphatic carbocycles. The summed E-state index contributed by atoms with van der Waals surface area (Å²) in [5.41, 5.74) is 7.19. The van der Waals surface area contributed by atoms with Crippen LogP contribution in [0.5, 0.6) is 11.5 Å². The van der Waals surface area contributed by atoms with Gasteiger partial charge in [0.05, 0.1) is 30.7 Å². The van der Waals surface area contributed by atoms with E-state index < -0.39 is 0 Å². The minimum Gasteiger partial charge on any atom is -0.497 e. The first-order chi connectivity index (χ1) is 25.6. The highest BCUT2D eigenvalue weighted by Crippen LogP contribution is 2.27. The molecule has 6 aromatic carbocycles. The van der Waals surface area contributed by atoms with Gasteiger partial charge in [0, 0.05) is 24.3 Å². The van der Waals surface area contributed by atoms with E-state index in [2.05, 4.69) is 167 Å². The summed E-state index contributed by atoms with van der Waals surface area (Å²) < 4.78 is 15.4. The van der Waals surface area contributed by atoms with Crippen molar-refractivity contribution in [3.05, 3.63) is 168 Å². The molecular formula is C46H38N2O2S2+2. The number of hydrogen-bond acceptors (Lipinski definition) is 4. The van der Waals surface area contributed by atoms with Gasteiger partial charge >= 0.3 is 0 Å². The number of aromatic nitrogens is 2. The Bertz CT molecular complexity index is 2450. The summed E-state index contributed by atoms with van der Waals surface area (Å²) in [6, 6.07) is 47.2. The van der Waals surface area contributed by atoms with E-state index in [9.17, 15) is 0 Å². The molecule has 52 heavy (non-hydrogen) atoms. The number of hydrogen-bond donors (Lipinski definition) is 0. The van der Waals surface area contributed by atoms with Crippen LogP contribution < -0.4 is 18.0 Å². The number of ether oxygens (including phenoxy) is 2. The Morgan fingerprint density at radius 2 is 1.04 bits per heavy atom. The molecule has 0 saturated carbocycles. The highest BCUT2D eigenvalue weighted by atomic mass is 33.1. The second kappa shape index (κ2) is 15.4. The minimum absolute atomic E-state index is 0.876. The van der Waals surface area contributed by atoms with Gasteiger partial charge in [0.1, 0.15) is 11.5 Å². The van der Waals surface area contributed by atoms with Gasteiger partial charge in [-0.25, -0.2) is 0 Å². The third-order valence-electron chi connectivity index (χ3n) is 9.40. The van der Waals surface area contributed by atoms with Crippen LogP contribution in [0.15, 0.2) is 146 Å². The third-order valence-corrected chi connectivity index (χ3v) is 11.6. The van der Waals surface area contributed by atoms with Crippen LogP contribution in [0.1, 0.15) is 22.3 Å². The Morgan fingerprint density at radius 1 is 0.519 bits per heavy atom. The van der Waals surface area contributed by atoms with Gasteiger partial charge in [-0.05, 0) is 103 Å². The molecule has 0 spiro atoms. The number of methoxy groups -OCH3 is 2. The van der Waals surface area contributed by atoms with E-state index >= 15 is 0 Å². The molecule has 0 atom stereocenters. The lowest BCUT2D eigenvalue weighted by atomic mass is 10.0. The molecular weight excluding hydrogens is 677 g/mol. The van der Waals surface area contributed by atoms with Crippen LogP contribution in [0.4, 0.5) is 0 Å². The smallest absolute Gasteiger partial charge is 0.238 e. The largest absolute Gasteiger partial charge is 0.497 e. The molecule has 0 fully saturated rings. The third kappa shape index (κ3) is 7.26. The number of pyridine rings is 2. The lowest BCUT2D eigenvalue weighted by Gasteiger charge is -2.05. The van der Waals surface area contributed by atoms with Gasteiger partial charge in [-0.2, -0.15) is 4.57 Å². The van der Waals surface area contributed by atoms with Crippen molar-refractivity contribution in [3.8, 4) is 11.5 Å². The Morgan fingerprint density at radius 3 is 1.65 bits per heavy atom. The molecule has 0 aliphatic rings. The zero-order chi connectivity index (χ0) is 35.3. The number of rotatable bonds is 11. The van der Waals surface area contributed by atoms with E-state index in [1.54, 1.807) is 25.2 Å². The summed E-state index contributed by atoms with van der Waals surface area (Å²) in [6.45, 7) is 0.911. The molecule has 0 saturated heterocycles. The monoisotopic (exact) mass is 714 g/mol. The Hall–Kier alpha value is -5.56. The summed E-state index contributed by atoms with van der Waals surface area (Å²) in [7, 11) is 7.06. The molecule has 2 aromatic heterocycles. The van der Waals surface area contributed by atoms with E-state index in [0.29, 0.717) is 0 Å². The van der Waals surface area contributed by atoms with E-state index in [1.807, 2.05) is 22.9 Å². The molecule has 0 bridgehead atoms. The van der Waals surface area contributed by atoms with Crippen molar-refractivity contribution in [2.24, 2.45) is 0 Å². The lowest BCUT2D eigenvalue weighted by Crippen LogP contribution is -2.35. The molecule has 2 heterocycles. The van der Waals surface area contributed by atoms with Crippen molar-refractivity contribution < 1.29 is 18.0 Å². The van der Waals surface area contributed by atoms with E-state index in [0.717, 1.165) is 23.8 Å². The average Bonchev–Trinajstić information content (AvgIpc) is 3.20. The normalized spacial score (nSPS) is 11.8. The molecule has 0 unspecified atom stereocenters. The first kappa shape index (κ1) is 33.6. The van der Waals surface area contributed by atoms with Crippen LogP contribution in [0, 0.1) is 0 Å². The van der Waals surface area contributed by atoms with Crippen molar-refractivity contribution in [1.82, 2.24) is 0 Å². The van der Waals surface area contributed by atoms with Gasteiger partial charge in [0.15, 0.2) is 18.9 Å². The number of para-hydroxylation sites is 2. The van der Waals surface area contributed by atoms with E-state index in [1.165, 1.54) is 65.6 Å². The van der Waals surface area contributed by atoms with Crippen LogP contribution in [-0.4, -0.2) is 20.0 Å². The Balaban J connectivity index is 0.944. The quantitative estimate of drug-likeness (QED) is 0.0757. The van der Waals surface area contributed by atoms with Crippen molar-refractivity contribution in [3.63, 3.8) is 0 Å². The fourth-order valence-electron chi connectivity index (χ4n) is 6.63. The zero-order valence-corrected chi connectivity index (χ0v) is 30.7. The molecule has 0 radical (unpaired) electrons. The maximum absolute atomic E-state index is 5.39. The van der Waals surface area contributed by atoms with Gasteiger partial charge in [0.25, 0.3) is 0 Å². The number of nitrogens with zero attached hydrogens (tertiary/aromatic N) is 2. The van der Waals surface area contributed by atoms with E-state index in [4.69, 9.17) is 9.47 Å². The standard InChI is InChI=1S/C46H38N2O2S2/c1-49-41-21-19-37-29-33(13-17-39(37)31-41)11-15-35-23-25-47(45-9-5-3-7-43(35)45)27-28-51-52-48-26-24-36(44-8-4-6-10-46(44)48)16-12-34-14-18-40-32-42(50-2)22-20-38(40)30-34/h3-26,29-32H,27-28H2,1-2H3/q+2/b15-11+,16-12+. The fourth-order valence-corrected chi connectivity index (χ4v) is 8.62. The highest BCUT2D eigenvalue weighted by molar-refractivity contribution is 8.74. The number of fused-ring (bicyclic) bond motifs is 4. The van der Waals surface area contributed by atoms with Gasteiger partial charge in [-0.1, -0.05) is 85.0 Å². The molecule has 0 amide bonds. The second-order valence-electron chi connectivity index (χ2n) is 12.6. The predicted octanol–water partition coefficient (Wildman–Crippen LogP) is 11.1. The van der Waals surface area contributed by atoms with Crippen LogP contribution >= 0.6 is 21.8 Å². The van der Waals surface area contributed by atoms with Crippen molar-refractivity contribution >= 4 is 89.4 Å². The lowest BCUT2D eigenvalue weighted by molar-refractivity contribution is -0.666. The molecule has 6 heteroatoms. The summed E-state index contributed by atoms with van der Waals surface area (Å²) in [5, 5.41) is 7.23. The molecule has 8 aromatic rings. The van der Waals surface area contributed by atoms with Crippen LogP contribution in [0.3, 0.4) is 0 Å². The summed E-state index contributed by atoms with van der Waals surface area (Å²) in [5.74, 6) is 2.72. The van der Waals surface area contributed by atoms with Crippen molar-refractivity contribution in [2.75, 3.05) is 20.0 Å². The van der Waals surface area contributed by atoms with E-state index in [-0.39, 0.29) is 0 Å². The Labute approximate surface area is 312 Å². The fraction of sp³-hybridized carbons (Fsp3) is 0.0870. The summed E-state index contributed by atoms with van der Waals surface area (Å²) >= 11 is 0. The molecule has 4 nitrogen and oxygen atoms in total. The molecule has 8 rings (SSSR count). The zero-order valence-electron chi connectivity index (χ0n) is 29.1. The van der Waals surface area contributed by atoms with Crippen molar-refractivity contribution in [1.29, 1.82) is 0 Å². The average molecular weight is 715 g/mol. The Kier molecular flexibility index (Phi) is 9.92. The van der Waals surface area contributed by atoms with Crippen molar-refractivity contribution in [2.45, 2.75) is 6.54 Å². The predicted molar refractivity (Wildman–Crippen MR) is 223 cm³/mol. The first-order valence-corrected chi connectivity index (χ1v) is 19.6. The minimum atomic E-state index is 0.876. The SMILES string of the molecule is COc1ccc2cc(/C=C/c3cc[n+](CCSS[n+]4ccc(/C=C/c5ccc6cc(OC)ccc6c5)c5ccccc54)c4ccccc34)ccc2c1. The first-order valence-electron chi connectivity index (χ1n) is 17.3. The van der Waals surface area contributed by atoms with Crippen LogP contribution in [0.25, 0.3) is 67.7 Å². The van der Waals surface area contributed by atoms with Gasteiger partial charge < -0.3 is 9.47 Å². The molecule has 0 N–H and O–H groups in total. The van der Waals surface area contributed by atoms with Crippen LogP contribution in [-0.2, 0) is 6.54 Å². The highest BCUT2D eigenvalue weighted by Gasteiger charge is 2.16. The summed E-state index contributed by atoms with van der Waals surface area (Å²) in [4.78, 5) is 0. The number of aryl methyl sites for hydroxylation is 1. The topological polar surface area (TPSA) is 26.2 Å².